The van der Waals surface area contributed by atoms with Crippen molar-refractivity contribution in [3.05, 3.63) is 53.6 Å². The fourth-order valence-corrected chi connectivity index (χ4v) is 3.01. The van der Waals surface area contributed by atoms with Crippen molar-refractivity contribution >= 4 is 11.8 Å². The predicted octanol–water partition coefficient (Wildman–Crippen LogP) is 6.03. The van der Waals surface area contributed by atoms with Gasteiger partial charge in [-0.1, -0.05) is 44.2 Å². The summed E-state index contributed by atoms with van der Waals surface area (Å²) in [6, 6.07) is 14.3. The third kappa shape index (κ3) is 6.59. The summed E-state index contributed by atoms with van der Waals surface area (Å²) < 4.78 is 5.61. The van der Waals surface area contributed by atoms with E-state index in [9.17, 15) is 4.79 Å². The normalized spacial score (nSPS) is 11.5. The van der Waals surface area contributed by atoms with Crippen molar-refractivity contribution in [1.29, 1.82) is 0 Å². The Hall–Kier alpha value is -2.49. The minimum Gasteiger partial charge on any atom is -0.444 e. The minimum absolute atomic E-state index is 0.256. The Labute approximate surface area is 169 Å². The highest BCUT2D eigenvalue weighted by Gasteiger charge is 2.22. The molecule has 0 radical (unpaired) electrons. The predicted molar refractivity (Wildman–Crippen MR) is 117 cm³/mol. The molecule has 4 heteroatoms. The van der Waals surface area contributed by atoms with Crippen molar-refractivity contribution in [2.75, 3.05) is 12.3 Å². The largest absolute Gasteiger partial charge is 0.444 e. The van der Waals surface area contributed by atoms with Crippen LogP contribution in [0.4, 0.5) is 10.5 Å². The summed E-state index contributed by atoms with van der Waals surface area (Å²) in [6.45, 7) is 13.4. The molecule has 0 bridgehead atoms. The molecule has 0 aliphatic heterocycles. The maximum Gasteiger partial charge on any atom is 0.410 e. The highest BCUT2D eigenvalue weighted by molar-refractivity contribution is 5.70. The molecule has 2 aromatic rings. The number of anilines is 1. The topological polar surface area (TPSA) is 55.6 Å². The zero-order valence-corrected chi connectivity index (χ0v) is 18.1. The van der Waals surface area contributed by atoms with Gasteiger partial charge < -0.3 is 15.4 Å². The van der Waals surface area contributed by atoms with Gasteiger partial charge in [-0.3, -0.25) is 0 Å². The van der Waals surface area contributed by atoms with Gasteiger partial charge in [-0.05, 0) is 74.4 Å². The monoisotopic (exact) mass is 382 g/mol. The Bertz CT molecular complexity index is 789. The summed E-state index contributed by atoms with van der Waals surface area (Å²) in [7, 11) is 0. The molecule has 0 aliphatic carbocycles. The number of nitrogens with zero attached hydrogens (tertiary/aromatic N) is 1. The summed E-state index contributed by atoms with van der Waals surface area (Å²) >= 11 is 0. The van der Waals surface area contributed by atoms with E-state index < -0.39 is 5.60 Å². The van der Waals surface area contributed by atoms with E-state index in [-0.39, 0.29) is 6.09 Å². The van der Waals surface area contributed by atoms with Gasteiger partial charge in [0.2, 0.25) is 0 Å². The van der Waals surface area contributed by atoms with Crippen LogP contribution >= 0.6 is 0 Å². The number of nitrogen functional groups attached to an aromatic ring is 1. The average molecular weight is 383 g/mol. The molecule has 0 atom stereocenters. The van der Waals surface area contributed by atoms with Gasteiger partial charge in [0.1, 0.15) is 5.60 Å². The molecule has 152 valence electrons. The molecule has 4 nitrogen and oxygen atoms in total. The van der Waals surface area contributed by atoms with Crippen LogP contribution in [0.25, 0.3) is 11.1 Å². The third-order valence-electron chi connectivity index (χ3n) is 4.51. The molecule has 1 amide bonds. The molecule has 0 saturated heterocycles. The molecule has 0 spiro atoms. The lowest BCUT2D eigenvalue weighted by Crippen LogP contribution is -2.37. The van der Waals surface area contributed by atoms with E-state index in [1.807, 2.05) is 49.9 Å². The SMILES string of the molecule is Cc1cc(CN(CCC(C)C)C(=O)OC(C)(C)C)ccc1-c1ccc(N)cc1. The maximum absolute atomic E-state index is 12.7. The van der Waals surface area contributed by atoms with Gasteiger partial charge in [0.25, 0.3) is 0 Å². The minimum atomic E-state index is -0.498. The van der Waals surface area contributed by atoms with Crippen LogP contribution in [0.5, 0.6) is 0 Å². The first kappa shape index (κ1) is 21.8. The standard InChI is InChI=1S/C24H34N2O2/c1-17(2)13-14-26(23(27)28-24(4,5)6)16-19-7-12-22(18(3)15-19)20-8-10-21(25)11-9-20/h7-12,15,17H,13-14,16,25H2,1-6H3. The van der Waals surface area contributed by atoms with E-state index in [0.717, 1.165) is 23.2 Å². The molecule has 2 aromatic carbocycles. The highest BCUT2D eigenvalue weighted by Crippen LogP contribution is 2.26. The summed E-state index contributed by atoms with van der Waals surface area (Å²) in [5.74, 6) is 0.527. The first-order valence-corrected chi connectivity index (χ1v) is 9.98. The van der Waals surface area contributed by atoms with Crippen molar-refractivity contribution in [2.45, 2.75) is 60.1 Å². The maximum atomic E-state index is 12.7. The number of hydrogen-bond acceptors (Lipinski definition) is 3. The van der Waals surface area contributed by atoms with E-state index >= 15 is 0 Å². The Morgan fingerprint density at radius 3 is 2.29 bits per heavy atom. The molecule has 0 unspecified atom stereocenters. The van der Waals surface area contributed by atoms with E-state index in [1.165, 1.54) is 11.1 Å². The quantitative estimate of drug-likeness (QED) is 0.621. The van der Waals surface area contributed by atoms with Gasteiger partial charge in [0.05, 0.1) is 0 Å². The second-order valence-corrected chi connectivity index (χ2v) is 8.86. The zero-order chi connectivity index (χ0) is 20.9. The molecular formula is C24H34N2O2. The van der Waals surface area contributed by atoms with Crippen molar-refractivity contribution < 1.29 is 9.53 Å². The van der Waals surface area contributed by atoms with Crippen LogP contribution in [0.3, 0.4) is 0 Å². The van der Waals surface area contributed by atoms with Gasteiger partial charge in [-0.2, -0.15) is 0 Å². The Morgan fingerprint density at radius 1 is 1.11 bits per heavy atom. The number of carbonyl (C=O) groups is 1. The van der Waals surface area contributed by atoms with E-state index in [4.69, 9.17) is 10.5 Å². The lowest BCUT2D eigenvalue weighted by Gasteiger charge is -2.28. The Kier molecular flexibility index (Phi) is 7.11. The Balaban J connectivity index is 2.19. The number of aryl methyl sites for hydroxylation is 1. The molecule has 28 heavy (non-hydrogen) atoms. The third-order valence-corrected chi connectivity index (χ3v) is 4.51. The number of hydrogen-bond donors (Lipinski definition) is 1. The molecule has 0 saturated carbocycles. The lowest BCUT2D eigenvalue weighted by molar-refractivity contribution is 0.0225. The van der Waals surface area contributed by atoms with E-state index in [2.05, 4.69) is 39.0 Å². The number of amides is 1. The molecule has 0 aliphatic rings. The van der Waals surface area contributed by atoms with E-state index in [0.29, 0.717) is 19.0 Å². The first-order chi connectivity index (χ1) is 13.0. The number of nitrogens with two attached hydrogens (primary N) is 1. The second-order valence-electron chi connectivity index (χ2n) is 8.86. The summed E-state index contributed by atoms with van der Waals surface area (Å²) in [5, 5.41) is 0. The van der Waals surface area contributed by atoms with Gasteiger partial charge in [-0.15, -0.1) is 0 Å². The van der Waals surface area contributed by atoms with Crippen molar-refractivity contribution in [2.24, 2.45) is 5.92 Å². The summed E-state index contributed by atoms with van der Waals surface area (Å²) in [4.78, 5) is 14.5. The van der Waals surface area contributed by atoms with Crippen LogP contribution in [0.15, 0.2) is 42.5 Å². The smallest absolute Gasteiger partial charge is 0.410 e. The molecule has 2 N–H and O–H groups in total. The van der Waals surface area contributed by atoms with Crippen LogP contribution in [-0.2, 0) is 11.3 Å². The number of benzene rings is 2. The molecule has 2 rings (SSSR count). The van der Waals surface area contributed by atoms with Gasteiger partial charge in [0.15, 0.2) is 0 Å². The summed E-state index contributed by atoms with van der Waals surface area (Å²) in [6.07, 6.45) is 0.690. The molecule has 0 aromatic heterocycles. The number of carbonyl (C=O) groups excluding carboxylic acids is 1. The van der Waals surface area contributed by atoms with Gasteiger partial charge in [0, 0.05) is 18.8 Å². The number of rotatable bonds is 6. The number of ether oxygens (including phenoxy) is 1. The molecular weight excluding hydrogens is 348 g/mol. The van der Waals surface area contributed by atoms with Crippen LogP contribution in [0, 0.1) is 12.8 Å². The Morgan fingerprint density at radius 2 is 1.75 bits per heavy atom. The second kappa shape index (κ2) is 9.13. The van der Waals surface area contributed by atoms with Crippen LogP contribution in [-0.4, -0.2) is 23.1 Å². The lowest BCUT2D eigenvalue weighted by atomic mass is 9.98. The first-order valence-electron chi connectivity index (χ1n) is 9.98. The van der Waals surface area contributed by atoms with E-state index in [1.54, 1.807) is 0 Å². The van der Waals surface area contributed by atoms with Crippen LogP contribution in [0.1, 0.15) is 52.2 Å². The molecule has 0 fully saturated rings. The zero-order valence-electron chi connectivity index (χ0n) is 18.1. The fraction of sp³-hybridized carbons (Fsp3) is 0.458. The average Bonchev–Trinajstić information content (AvgIpc) is 2.58. The van der Waals surface area contributed by atoms with Crippen LogP contribution in [0.2, 0.25) is 0 Å². The van der Waals surface area contributed by atoms with Crippen molar-refractivity contribution in [3.63, 3.8) is 0 Å². The highest BCUT2D eigenvalue weighted by atomic mass is 16.6. The summed E-state index contributed by atoms with van der Waals surface area (Å²) in [5.41, 5.74) is 10.7. The fourth-order valence-electron chi connectivity index (χ4n) is 3.01. The van der Waals surface area contributed by atoms with Crippen molar-refractivity contribution in [3.8, 4) is 11.1 Å². The van der Waals surface area contributed by atoms with Gasteiger partial charge >= 0.3 is 6.09 Å². The van der Waals surface area contributed by atoms with Crippen LogP contribution < -0.4 is 5.73 Å². The van der Waals surface area contributed by atoms with Crippen molar-refractivity contribution in [1.82, 2.24) is 4.90 Å². The molecule has 0 heterocycles. The van der Waals surface area contributed by atoms with Gasteiger partial charge in [-0.25, -0.2) is 4.79 Å².